The van der Waals surface area contributed by atoms with Gasteiger partial charge >= 0.3 is 14.2 Å². The van der Waals surface area contributed by atoms with Gasteiger partial charge in [0.15, 0.2) is 11.6 Å². The van der Waals surface area contributed by atoms with Crippen LogP contribution in [0.5, 0.6) is 0 Å². The van der Waals surface area contributed by atoms with E-state index in [2.05, 4.69) is 16.7 Å². The van der Waals surface area contributed by atoms with E-state index in [-0.39, 0.29) is 19.3 Å². The smallest absolute Gasteiger partial charge is 0.351 e. The van der Waals surface area contributed by atoms with E-state index in [0.717, 1.165) is 16.3 Å². The van der Waals surface area contributed by atoms with E-state index < -0.39 is 39.0 Å². The third-order valence-corrected chi connectivity index (χ3v) is 5.84. The fraction of sp³-hybridized carbons (Fsp3) is 0.542. The molecule has 3 atom stereocenters. The molecule has 1 aromatic rings. The molecular weight excluding hydrogens is 528 g/mol. The van der Waals surface area contributed by atoms with Gasteiger partial charge in [0.05, 0.1) is 31.6 Å². The third kappa shape index (κ3) is 13.8. The van der Waals surface area contributed by atoms with Gasteiger partial charge in [-0.1, -0.05) is 18.7 Å². The summed E-state index contributed by atoms with van der Waals surface area (Å²) in [5.41, 5.74) is 5.48. The van der Waals surface area contributed by atoms with Gasteiger partial charge in [-0.15, -0.1) is 0 Å². The van der Waals surface area contributed by atoms with E-state index in [9.17, 15) is 22.8 Å². The standard InChI is InChI=1S/C19H26FN4O5P.C4H10O.CH2F2/c1-4-6-13(3)16(5-2)29-30(22-9-10-25)27-12-14-7-8-17(28-14)24-11-15(20)18(21)23-19(24)26;1-4(2)5-3;2-1-3/h4-6,10-11,14,17,22H,2,7-9,12H2,1,3H3,(H2,21,23,26);4H,1-3H3;1H2/b6-4-,16-13-;;. The van der Waals surface area contributed by atoms with Crippen LogP contribution in [0.3, 0.4) is 0 Å². The number of nitrogens with one attached hydrogen (secondary N) is 1. The van der Waals surface area contributed by atoms with Gasteiger partial charge in [0.1, 0.15) is 18.3 Å². The lowest BCUT2D eigenvalue weighted by molar-refractivity contribution is -0.107. The number of carbonyl (C=O) groups is 1. The Hall–Kier alpha value is -2.57. The molecule has 0 saturated carbocycles. The van der Waals surface area contributed by atoms with Crippen LogP contribution in [0.4, 0.5) is 19.0 Å². The molecular formula is C24H38F3N4O6P. The van der Waals surface area contributed by atoms with Crippen molar-refractivity contribution in [3.05, 3.63) is 58.6 Å². The largest absolute Gasteiger partial charge is 0.436 e. The summed E-state index contributed by atoms with van der Waals surface area (Å²) in [6.45, 7) is 9.95. The maximum Gasteiger partial charge on any atom is 0.351 e. The van der Waals surface area contributed by atoms with Crippen LogP contribution in [-0.4, -0.2) is 55.2 Å². The normalized spacial score (nSPS) is 18.1. The Morgan fingerprint density at radius 3 is 2.58 bits per heavy atom. The van der Waals surface area contributed by atoms with Crippen molar-refractivity contribution >= 4 is 20.6 Å². The van der Waals surface area contributed by atoms with Gasteiger partial charge in [0.2, 0.25) is 6.93 Å². The van der Waals surface area contributed by atoms with Gasteiger partial charge in [-0.25, -0.2) is 23.1 Å². The summed E-state index contributed by atoms with van der Waals surface area (Å²) in [6.07, 6.45) is 7.44. The number of ether oxygens (including phenoxy) is 2. The average molecular weight is 567 g/mol. The first-order valence-electron chi connectivity index (χ1n) is 11.7. The number of alkyl halides is 2. The number of carbonyl (C=O) groups excluding carboxylic acids is 1. The molecule has 3 N–H and O–H groups in total. The molecule has 2 rings (SSSR count). The van der Waals surface area contributed by atoms with Gasteiger partial charge in [0.25, 0.3) is 0 Å². The first kappa shape index (κ1) is 35.4. The maximum atomic E-state index is 13.7. The zero-order chi connectivity index (χ0) is 29.1. The number of rotatable bonds is 12. The number of methoxy groups -OCH3 is 1. The molecule has 1 saturated heterocycles. The first-order chi connectivity index (χ1) is 18.1. The maximum absolute atomic E-state index is 13.7. The van der Waals surface area contributed by atoms with Crippen molar-refractivity contribution < 1.29 is 36.5 Å². The van der Waals surface area contributed by atoms with E-state index in [1.54, 1.807) is 13.2 Å². The predicted octanol–water partition coefficient (Wildman–Crippen LogP) is 4.65. The molecule has 0 aromatic carbocycles. The number of aldehydes is 1. The Bertz CT molecular complexity index is 962. The summed E-state index contributed by atoms with van der Waals surface area (Å²) >= 11 is 0. The van der Waals surface area contributed by atoms with Crippen molar-refractivity contribution in [1.82, 2.24) is 14.6 Å². The third-order valence-electron chi connectivity index (χ3n) is 4.65. The summed E-state index contributed by atoms with van der Waals surface area (Å²) in [7, 11) is 0.0621. The number of nitrogen functional groups attached to an aromatic ring is 1. The molecule has 0 aliphatic carbocycles. The second-order valence-electron chi connectivity index (χ2n) is 7.76. The van der Waals surface area contributed by atoms with Gasteiger partial charge in [-0.2, -0.15) is 4.98 Å². The number of allylic oxidation sites excluding steroid dienone is 4. The van der Waals surface area contributed by atoms with Crippen molar-refractivity contribution in [3.8, 4) is 0 Å². The lowest BCUT2D eigenvalue weighted by Gasteiger charge is -2.21. The molecule has 0 spiro atoms. The van der Waals surface area contributed by atoms with E-state index in [0.29, 0.717) is 31.0 Å². The van der Waals surface area contributed by atoms with Gasteiger partial charge in [-0.05, 0) is 52.2 Å². The summed E-state index contributed by atoms with van der Waals surface area (Å²) in [5, 5.41) is 2.88. The number of aromatic nitrogens is 2. The zero-order valence-electron chi connectivity index (χ0n) is 22.4. The number of nitrogens with zero attached hydrogens (tertiary/aromatic N) is 2. The molecule has 1 aromatic heterocycles. The molecule has 0 amide bonds. The lowest BCUT2D eigenvalue weighted by Crippen LogP contribution is -2.29. The molecule has 1 aliphatic heterocycles. The van der Waals surface area contributed by atoms with Crippen LogP contribution in [0.2, 0.25) is 0 Å². The second-order valence-corrected chi connectivity index (χ2v) is 9.04. The Labute approximate surface area is 222 Å². The molecule has 3 unspecified atom stereocenters. The molecule has 216 valence electrons. The highest BCUT2D eigenvalue weighted by Gasteiger charge is 2.29. The van der Waals surface area contributed by atoms with Gasteiger partial charge in [0, 0.05) is 7.11 Å². The van der Waals surface area contributed by atoms with Crippen molar-refractivity contribution in [2.75, 3.05) is 32.9 Å². The van der Waals surface area contributed by atoms with Crippen molar-refractivity contribution in [2.45, 2.75) is 59.0 Å². The van der Waals surface area contributed by atoms with E-state index >= 15 is 0 Å². The zero-order valence-corrected chi connectivity index (χ0v) is 23.3. The highest BCUT2D eigenvalue weighted by Crippen LogP contribution is 2.39. The fourth-order valence-electron chi connectivity index (χ4n) is 2.74. The highest BCUT2D eigenvalue weighted by molar-refractivity contribution is 7.45. The number of nitrogens with two attached hydrogens (primary N) is 1. The van der Waals surface area contributed by atoms with Crippen molar-refractivity contribution in [2.24, 2.45) is 0 Å². The van der Waals surface area contributed by atoms with Crippen LogP contribution >= 0.6 is 8.53 Å². The first-order valence-corrected chi connectivity index (χ1v) is 12.8. The van der Waals surface area contributed by atoms with Crippen LogP contribution in [0, 0.1) is 5.82 Å². The molecule has 2 heterocycles. The number of halogens is 3. The average Bonchev–Trinajstić information content (AvgIpc) is 3.35. The minimum absolute atomic E-state index is 0.0543. The molecule has 0 radical (unpaired) electrons. The van der Waals surface area contributed by atoms with Crippen LogP contribution in [0.1, 0.15) is 46.8 Å². The van der Waals surface area contributed by atoms with Crippen LogP contribution < -0.4 is 16.5 Å². The Morgan fingerprint density at radius 1 is 1.42 bits per heavy atom. The topological polar surface area (TPSA) is 127 Å². The predicted molar refractivity (Wildman–Crippen MR) is 141 cm³/mol. The van der Waals surface area contributed by atoms with E-state index in [1.165, 1.54) is 0 Å². The molecule has 14 heteroatoms. The van der Waals surface area contributed by atoms with Gasteiger partial charge < -0.3 is 29.0 Å². The number of hydrogen-bond acceptors (Lipinski definition) is 9. The minimum Gasteiger partial charge on any atom is -0.436 e. The number of anilines is 1. The van der Waals surface area contributed by atoms with E-state index in [4.69, 9.17) is 24.3 Å². The van der Waals surface area contributed by atoms with Crippen molar-refractivity contribution in [1.29, 1.82) is 0 Å². The fourth-order valence-corrected chi connectivity index (χ4v) is 3.87. The van der Waals surface area contributed by atoms with Crippen LogP contribution in [0.25, 0.3) is 0 Å². The SMILES string of the molecule is C=C/C(OP(NCC=O)OCC1CCC(n2cc(F)c(N)nc2=O)O1)=C(C)/C=C\C.COC(C)C.FCF. The monoisotopic (exact) mass is 566 g/mol. The molecule has 38 heavy (non-hydrogen) atoms. The summed E-state index contributed by atoms with van der Waals surface area (Å²) < 4.78 is 56.2. The molecule has 10 nitrogen and oxygen atoms in total. The lowest BCUT2D eigenvalue weighted by atomic mass is 10.2. The molecule has 1 fully saturated rings. The quantitative estimate of drug-likeness (QED) is 0.161. The van der Waals surface area contributed by atoms with E-state index in [1.807, 2.05) is 39.8 Å². The van der Waals surface area contributed by atoms with Crippen molar-refractivity contribution in [3.63, 3.8) is 0 Å². The number of hydrogen-bond donors (Lipinski definition) is 2. The Morgan fingerprint density at radius 2 is 2.05 bits per heavy atom. The Kier molecular flexibility index (Phi) is 19.0. The summed E-state index contributed by atoms with van der Waals surface area (Å²) in [6, 6.07) is 0. The summed E-state index contributed by atoms with van der Waals surface area (Å²) in [4.78, 5) is 26.1. The van der Waals surface area contributed by atoms with Crippen LogP contribution in [0.15, 0.2) is 47.1 Å². The second kappa shape index (κ2) is 20.4. The minimum atomic E-state index is -1.75. The van der Waals surface area contributed by atoms with Crippen LogP contribution in [-0.2, 0) is 23.3 Å². The van der Waals surface area contributed by atoms with Gasteiger partial charge in [-0.3, -0.25) is 4.57 Å². The Balaban J connectivity index is 0.00000150. The molecule has 1 aliphatic rings. The summed E-state index contributed by atoms with van der Waals surface area (Å²) in [5.74, 6) is -0.705. The highest BCUT2D eigenvalue weighted by atomic mass is 31.2. The molecule has 0 bridgehead atoms.